The molecule has 0 atom stereocenters. The predicted octanol–water partition coefficient (Wildman–Crippen LogP) is 4.19. The minimum absolute atomic E-state index is 0. The zero-order valence-electron chi connectivity index (χ0n) is 12.1. The number of hydrogen-bond donors (Lipinski definition) is 1. The van der Waals surface area contributed by atoms with Crippen LogP contribution in [0.3, 0.4) is 0 Å². The Hall–Kier alpha value is -2.85. The number of rotatable bonds is 2. The van der Waals surface area contributed by atoms with Crippen molar-refractivity contribution in [3.8, 4) is 28.3 Å². The first-order valence-electron chi connectivity index (χ1n) is 7.00. The van der Waals surface area contributed by atoms with Crippen molar-refractivity contribution in [1.29, 1.82) is 0 Å². The Morgan fingerprint density at radius 1 is 0.826 bits per heavy atom. The number of nitrogens with zero attached hydrogens (tertiary/aromatic N) is 3. The molecule has 5 heteroatoms. The van der Waals surface area contributed by atoms with Crippen molar-refractivity contribution in [1.82, 2.24) is 14.4 Å². The molecule has 2 aromatic carbocycles. The molecule has 0 saturated heterocycles. The van der Waals surface area contributed by atoms with Crippen LogP contribution in [0.2, 0.25) is 0 Å². The maximum absolute atomic E-state index is 10.3. The van der Waals surface area contributed by atoms with Crippen LogP contribution in [0.25, 0.3) is 28.0 Å². The lowest BCUT2D eigenvalue weighted by Gasteiger charge is -2.03. The van der Waals surface area contributed by atoms with Crippen LogP contribution in [-0.4, -0.2) is 19.5 Å². The SMILES string of the molecule is Cl.Oc1c(-c2ccc(-c3ccccc3)cc2)nc2cnccn12. The number of halogens is 1. The van der Waals surface area contributed by atoms with Gasteiger partial charge in [0.2, 0.25) is 5.88 Å². The third-order valence-electron chi connectivity index (χ3n) is 3.67. The molecule has 1 N–H and O–H groups in total. The van der Waals surface area contributed by atoms with Gasteiger partial charge in [0.15, 0.2) is 5.65 Å². The highest BCUT2D eigenvalue weighted by Gasteiger charge is 2.12. The Kier molecular flexibility index (Phi) is 4.00. The summed E-state index contributed by atoms with van der Waals surface area (Å²) >= 11 is 0. The van der Waals surface area contributed by atoms with E-state index in [1.54, 1.807) is 23.0 Å². The van der Waals surface area contributed by atoms with Gasteiger partial charge in [-0.15, -0.1) is 12.4 Å². The zero-order valence-corrected chi connectivity index (χ0v) is 12.9. The van der Waals surface area contributed by atoms with Crippen LogP contribution in [-0.2, 0) is 0 Å². The molecule has 0 unspecified atom stereocenters. The van der Waals surface area contributed by atoms with Crippen LogP contribution < -0.4 is 0 Å². The van der Waals surface area contributed by atoms with Gasteiger partial charge < -0.3 is 5.11 Å². The summed E-state index contributed by atoms with van der Waals surface area (Å²) in [6, 6.07) is 18.2. The molecule has 0 saturated carbocycles. The number of aromatic hydroxyl groups is 1. The van der Waals surface area contributed by atoms with Crippen molar-refractivity contribution >= 4 is 18.1 Å². The fourth-order valence-corrected chi connectivity index (χ4v) is 2.54. The van der Waals surface area contributed by atoms with Crippen molar-refractivity contribution in [2.24, 2.45) is 0 Å². The van der Waals surface area contributed by atoms with Gasteiger partial charge in [-0.25, -0.2) is 4.98 Å². The van der Waals surface area contributed by atoms with Gasteiger partial charge in [-0.1, -0.05) is 54.6 Å². The van der Waals surface area contributed by atoms with E-state index < -0.39 is 0 Å². The van der Waals surface area contributed by atoms with E-state index >= 15 is 0 Å². The first-order chi connectivity index (χ1) is 10.8. The molecule has 2 heterocycles. The molecule has 0 bridgehead atoms. The van der Waals surface area contributed by atoms with Gasteiger partial charge >= 0.3 is 0 Å². The van der Waals surface area contributed by atoms with E-state index in [2.05, 4.69) is 22.1 Å². The fraction of sp³-hybridized carbons (Fsp3) is 0. The average molecular weight is 324 g/mol. The van der Waals surface area contributed by atoms with Gasteiger partial charge in [-0.2, -0.15) is 0 Å². The summed E-state index contributed by atoms with van der Waals surface area (Å²) in [5, 5.41) is 10.3. The summed E-state index contributed by atoms with van der Waals surface area (Å²) in [4.78, 5) is 8.46. The van der Waals surface area contributed by atoms with E-state index in [0.717, 1.165) is 16.7 Å². The normalized spacial score (nSPS) is 10.4. The summed E-state index contributed by atoms with van der Waals surface area (Å²) in [6.07, 6.45) is 4.94. The van der Waals surface area contributed by atoms with Crippen molar-refractivity contribution in [3.05, 3.63) is 73.2 Å². The second-order valence-electron chi connectivity index (χ2n) is 5.03. The number of benzene rings is 2. The van der Waals surface area contributed by atoms with E-state index in [4.69, 9.17) is 0 Å². The van der Waals surface area contributed by atoms with Crippen molar-refractivity contribution < 1.29 is 5.11 Å². The lowest BCUT2D eigenvalue weighted by molar-refractivity contribution is 0.450. The van der Waals surface area contributed by atoms with E-state index in [-0.39, 0.29) is 18.3 Å². The second-order valence-corrected chi connectivity index (χ2v) is 5.03. The Morgan fingerprint density at radius 3 is 2.17 bits per heavy atom. The largest absolute Gasteiger partial charge is 0.493 e. The van der Waals surface area contributed by atoms with Gasteiger partial charge in [-0.3, -0.25) is 9.38 Å². The van der Waals surface area contributed by atoms with Gasteiger partial charge in [0.25, 0.3) is 0 Å². The van der Waals surface area contributed by atoms with Crippen LogP contribution in [0, 0.1) is 0 Å². The predicted molar refractivity (Wildman–Crippen MR) is 92.8 cm³/mol. The molecule has 4 rings (SSSR count). The van der Waals surface area contributed by atoms with E-state index in [9.17, 15) is 5.11 Å². The Labute approximate surface area is 139 Å². The maximum atomic E-state index is 10.3. The number of hydrogen-bond acceptors (Lipinski definition) is 3. The molecule has 0 amide bonds. The molecule has 0 radical (unpaired) electrons. The molecular formula is C18H14ClN3O. The Balaban J connectivity index is 0.00000156. The molecule has 0 aliphatic rings. The Morgan fingerprint density at radius 2 is 1.48 bits per heavy atom. The van der Waals surface area contributed by atoms with Crippen molar-refractivity contribution in [2.45, 2.75) is 0 Å². The number of fused-ring (bicyclic) bond motifs is 1. The monoisotopic (exact) mass is 323 g/mol. The highest BCUT2D eigenvalue weighted by molar-refractivity contribution is 5.85. The van der Waals surface area contributed by atoms with Gasteiger partial charge in [0.05, 0.1) is 6.20 Å². The standard InChI is InChI=1S/C18H13N3O.ClH/c22-18-17(20-16-12-19-10-11-21(16)18)15-8-6-14(7-9-15)13-4-2-1-3-5-13;/h1-12,22H;1H. The van der Waals surface area contributed by atoms with Crippen LogP contribution in [0.15, 0.2) is 73.2 Å². The molecule has 0 fully saturated rings. The minimum atomic E-state index is 0. The quantitative estimate of drug-likeness (QED) is 0.601. The molecule has 23 heavy (non-hydrogen) atoms. The molecule has 0 aliphatic carbocycles. The van der Waals surface area contributed by atoms with E-state index in [1.807, 2.05) is 42.5 Å². The van der Waals surface area contributed by atoms with Crippen molar-refractivity contribution in [2.75, 3.05) is 0 Å². The van der Waals surface area contributed by atoms with Gasteiger partial charge in [0, 0.05) is 18.0 Å². The maximum Gasteiger partial charge on any atom is 0.224 e. The third kappa shape index (κ3) is 2.64. The van der Waals surface area contributed by atoms with Crippen molar-refractivity contribution in [3.63, 3.8) is 0 Å². The lowest BCUT2D eigenvalue weighted by atomic mass is 10.0. The highest BCUT2D eigenvalue weighted by atomic mass is 35.5. The smallest absolute Gasteiger partial charge is 0.224 e. The number of aromatic nitrogens is 3. The first-order valence-corrected chi connectivity index (χ1v) is 7.00. The lowest BCUT2D eigenvalue weighted by Crippen LogP contribution is -1.83. The van der Waals surface area contributed by atoms with Gasteiger partial charge in [0.1, 0.15) is 5.69 Å². The van der Waals surface area contributed by atoms with Crippen LogP contribution in [0.4, 0.5) is 0 Å². The molecule has 4 nitrogen and oxygen atoms in total. The molecule has 0 spiro atoms. The molecule has 4 aromatic rings. The molecule has 0 aliphatic heterocycles. The fourth-order valence-electron chi connectivity index (χ4n) is 2.54. The average Bonchev–Trinajstić information content (AvgIpc) is 2.93. The summed E-state index contributed by atoms with van der Waals surface area (Å²) in [6.45, 7) is 0. The topological polar surface area (TPSA) is 50.4 Å². The molecule has 2 aromatic heterocycles. The van der Waals surface area contributed by atoms with Gasteiger partial charge in [-0.05, 0) is 11.1 Å². The van der Waals surface area contributed by atoms with E-state index in [0.29, 0.717) is 11.3 Å². The van der Waals surface area contributed by atoms with E-state index in [1.165, 1.54) is 0 Å². The molecule has 114 valence electrons. The summed E-state index contributed by atoms with van der Waals surface area (Å²) in [5.74, 6) is 0.130. The van der Waals surface area contributed by atoms with Crippen LogP contribution >= 0.6 is 12.4 Å². The summed E-state index contributed by atoms with van der Waals surface area (Å²) in [5.41, 5.74) is 4.36. The van der Waals surface area contributed by atoms with Crippen LogP contribution in [0.5, 0.6) is 5.88 Å². The number of imidazole rings is 1. The summed E-state index contributed by atoms with van der Waals surface area (Å²) < 4.78 is 1.62. The second kappa shape index (κ2) is 6.10. The first kappa shape index (κ1) is 15.1. The zero-order chi connectivity index (χ0) is 14.9. The third-order valence-corrected chi connectivity index (χ3v) is 3.67. The highest BCUT2D eigenvalue weighted by Crippen LogP contribution is 2.30. The molecular weight excluding hydrogens is 310 g/mol. The Bertz CT molecular complexity index is 934. The summed E-state index contributed by atoms with van der Waals surface area (Å²) in [7, 11) is 0. The minimum Gasteiger partial charge on any atom is -0.493 e. The van der Waals surface area contributed by atoms with Crippen LogP contribution in [0.1, 0.15) is 0 Å².